The molecule has 0 radical (unpaired) electrons. The number of nitrogens with zero attached hydrogens (tertiary/aromatic N) is 1. The molecular formula is C12H10F3NO2. The molecule has 2 rings (SSSR count). The van der Waals surface area contributed by atoms with Crippen molar-refractivity contribution < 1.29 is 23.0 Å². The second-order valence-corrected chi connectivity index (χ2v) is 3.71. The molecule has 0 amide bonds. The van der Waals surface area contributed by atoms with Crippen LogP contribution in [0.2, 0.25) is 0 Å². The SMILES string of the molecule is OCc1cc2ccccc2nc1OCC(F)(F)F. The van der Waals surface area contributed by atoms with Crippen molar-refractivity contribution >= 4 is 10.9 Å². The average Bonchev–Trinajstić information content (AvgIpc) is 2.34. The summed E-state index contributed by atoms with van der Waals surface area (Å²) in [5.41, 5.74) is 0.754. The molecule has 0 bridgehead atoms. The molecule has 2 aromatic rings. The molecule has 1 N–H and O–H groups in total. The molecule has 0 unspecified atom stereocenters. The minimum absolute atomic E-state index is 0.187. The fourth-order valence-electron chi connectivity index (χ4n) is 1.53. The van der Waals surface area contributed by atoms with Gasteiger partial charge in [-0.2, -0.15) is 13.2 Å². The molecular weight excluding hydrogens is 247 g/mol. The molecule has 0 spiro atoms. The van der Waals surface area contributed by atoms with Crippen molar-refractivity contribution in [1.82, 2.24) is 4.98 Å². The number of benzene rings is 1. The van der Waals surface area contributed by atoms with Gasteiger partial charge >= 0.3 is 6.18 Å². The topological polar surface area (TPSA) is 42.4 Å². The van der Waals surface area contributed by atoms with Crippen molar-refractivity contribution in [3.05, 3.63) is 35.9 Å². The van der Waals surface area contributed by atoms with E-state index in [9.17, 15) is 13.2 Å². The van der Waals surface area contributed by atoms with E-state index in [4.69, 9.17) is 5.11 Å². The Morgan fingerprint density at radius 1 is 1.22 bits per heavy atom. The predicted octanol–water partition coefficient (Wildman–Crippen LogP) is 2.67. The van der Waals surface area contributed by atoms with Crippen LogP contribution in [0, 0.1) is 0 Å². The highest BCUT2D eigenvalue weighted by Crippen LogP contribution is 2.24. The third kappa shape index (κ3) is 2.89. The number of ether oxygens (including phenoxy) is 1. The van der Waals surface area contributed by atoms with Crippen LogP contribution in [0.1, 0.15) is 5.56 Å². The van der Waals surface area contributed by atoms with Crippen LogP contribution >= 0.6 is 0 Å². The number of hydrogen-bond donors (Lipinski definition) is 1. The van der Waals surface area contributed by atoms with Gasteiger partial charge in [0.05, 0.1) is 12.1 Å². The van der Waals surface area contributed by atoms with Crippen LogP contribution in [0.4, 0.5) is 13.2 Å². The number of rotatable bonds is 3. The fourth-order valence-corrected chi connectivity index (χ4v) is 1.53. The summed E-state index contributed by atoms with van der Waals surface area (Å²) in [5, 5.41) is 9.84. The first-order valence-corrected chi connectivity index (χ1v) is 5.18. The van der Waals surface area contributed by atoms with Gasteiger partial charge in [0.15, 0.2) is 6.61 Å². The summed E-state index contributed by atoms with van der Waals surface area (Å²) in [5.74, 6) is -0.187. The maximum Gasteiger partial charge on any atom is 0.422 e. The van der Waals surface area contributed by atoms with Crippen LogP contribution in [0.25, 0.3) is 10.9 Å². The Bertz CT molecular complexity index is 555. The molecule has 0 fully saturated rings. The Morgan fingerprint density at radius 2 is 1.94 bits per heavy atom. The smallest absolute Gasteiger partial charge is 0.422 e. The minimum Gasteiger partial charge on any atom is -0.468 e. The second-order valence-electron chi connectivity index (χ2n) is 3.71. The van der Waals surface area contributed by atoms with Crippen LogP contribution in [-0.2, 0) is 6.61 Å². The summed E-state index contributed by atoms with van der Waals surface area (Å²) in [6.45, 7) is -1.85. The van der Waals surface area contributed by atoms with Gasteiger partial charge in [0.25, 0.3) is 0 Å². The van der Waals surface area contributed by atoms with Gasteiger partial charge in [0.1, 0.15) is 0 Å². The Morgan fingerprint density at radius 3 is 2.61 bits per heavy atom. The van der Waals surface area contributed by atoms with Crippen molar-refractivity contribution in [2.75, 3.05) is 6.61 Å². The third-order valence-electron chi connectivity index (χ3n) is 2.31. The average molecular weight is 257 g/mol. The van der Waals surface area contributed by atoms with E-state index in [2.05, 4.69) is 9.72 Å². The molecule has 96 valence electrons. The number of alkyl halides is 3. The number of hydrogen-bond acceptors (Lipinski definition) is 3. The van der Waals surface area contributed by atoms with E-state index in [1.54, 1.807) is 30.3 Å². The summed E-state index contributed by atoms with van der Waals surface area (Å²) in [4.78, 5) is 3.97. The van der Waals surface area contributed by atoms with Gasteiger partial charge in [-0.15, -0.1) is 0 Å². The first kappa shape index (κ1) is 12.6. The van der Waals surface area contributed by atoms with Crippen molar-refractivity contribution in [3.63, 3.8) is 0 Å². The Kier molecular flexibility index (Phi) is 3.38. The largest absolute Gasteiger partial charge is 0.468 e. The van der Waals surface area contributed by atoms with Crippen LogP contribution in [-0.4, -0.2) is 22.9 Å². The lowest BCUT2D eigenvalue weighted by molar-refractivity contribution is -0.154. The molecule has 0 saturated carbocycles. The maximum atomic E-state index is 12.1. The van der Waals surface area contributed by atoms with Crippen LogP contribution < -0.4 is 4.74 Å². The first-order valence-electron chi connectivity index (χ1n) is 5.18. The van der Waals surface area contributed by atoms with Gasteiger partial charge in [-0.05, 0) is 12.1 Å². The zero-order valence-electron chi connectivity index (χ0n) is 9.24. The van der Waals surface area contributed by atoms with E-state index in [1.807, 2.05) is 0 Å². The summed E-state index contributed by atoms with van der Waals surface area (Å²) in [6.07, 6.45) is -4.43. The number of aromatic nitrogens is 1. The van der Waals surface area contributed by atoms with Gasteiger partial charge in [-0.1, -0.05) is 18.2 Å². The van der Waals surface area contributed by atoms with E-state index in [1.165, 1.54) is 0 Å². The highest BCUT2D eigenvalue weighted by atomic mass is 19.4. The quantitative estimate of drug-likeness (QED) is 0.919. The molecule has 0 aliphatic rings. The first-order chi connectivity index (χ1) is 8.49. The number of pyridine rings is 1. The number of aliphatic hydroxyl groups is 1. The summed E-state index contributed by atoms with van der Waals surface area (Å²) in [7, 11) is 0. The number of aliphatic hydroxyl groups excluding tert-OH is 1. The summed E-state index contributed by atoms with van der Waals surface area (Å²) >= 11 is 0. The summed E-state index contributed by atoms with van der Waals surface area (Å²) in [6, 6.07) is 8.49. The molecule has 6 heteroatoms. The molecule has 0 aliphatic carbocycles. The van der Waals surface area contributed by atoms with E-state index < -0.39 is 19.4 Å². The van der Waals surface area contributed by atoms with Gasteiger partial charge in [-0.3, -0.25) is 0 Å². The lowest BCUT2D eigenvalue weighted by Gasteiger charge is -2.12. The van der Waals surface area contributed by atoms with Gasteiger partial charge < -0.3 is 9.84 Å². The zero-order valence-corrected chi connectivity index (χ0v) is 9.24. The predicted molar refractivity (Wildman–Crippen MR) is 59.2 cm³/mol. The second kappa shape index (κ2) is 4.81. The monoisotopic (exact) mass is 257 g/mol. The van der Waals surface area contributed by atoms with E-state index in [0.717, 1.165) is 5.39 Å². The van der Waals surface area contributed by atoms with Crippen LogP contribution in [0.3, 0.4) is 0 Å². The number of fused-ring (bicyclic) bond motifs is 1. The molecule has 0 saturated heterocycles. The Balaban J connectivity index is 2.36. The molecule has 18 heavy (non-hydrogen) atoms. The maximum absolute atomic E-state index is 12.1. The lowest BCUT2D eigenvalue weighted by Crippen LogP contribution is -2.20. The Hall–Kier alpha value is -1.82. The van der Waals surface area contributed by atoms with Gasteiger partial charge in [0.2, 0.25) is 5.88 Å². The van der Waals surface area contributed by atoms with E-state index >= 15 is 0 Å². The molecule has 1 aromatic carbocycles. The van der Waals surface area contributed by atoms with Crippen molar-refractivity contribution in [2.45, 2.75) is 12.8 Å². The molecule has 1 aromatic heterocycles. The number of halogens is 3. The Labute approximate surface area is 101 Å². The molecule has 0 atom stereocenters. The summed E-state index contributed by atoms with van der Waals surface area (Å²) < 4.78 is 40.8. The normalized spacial score (nSPS) is 11.8. The van der Waals surface area contributed by atoms with Crippen molar-refractivity contribution in [3.8, 4) is 5.88 Å². The minimum atomic E-state index is -4.43. The van der Waals surface area contributed by atoms with Crippen molar-refractivity contribution in [2.24, 2.45) is 0 Å². The van der Waals surface area contributed by atoms with Crippen LogP contribution in [0.5, 0.6) is 5.88 Å². The zero-order chi connectivity index (χ0) is 13.2. The van der Waals surface area contributed by atoms with Crippen LogP contribution in [0.15, 0.2) is 30.3 Å². The lowest BCUT2D eigenvalue weighted by atomic mass is 10.1. The standard InChI is InChI=1S/C12H10F3NO2/c13-12(14,15)7-18-11-9(6-17)5-8-3-1-2-4-10(8)16-11/h1-5,17H,6-7H2. The molecule has 3 nitrogen and oxygen atoms in total. The van der Waals surface area contributed by atoms with Gasteiger partial charge in [-0.25, -0.2) is 4.98 Å². The van der Waals surface area contributed by atoms with E-state index in [-0.39, 0.29) is 11.4 Å². The molecule has 0 aliphatic heterocycles. The highest BCUT2D eigenvalue weighted by molar-refractivity contribution is 5.79. The van der Waals surface area contributed by atoms with Gasteiger partial charge in [0, 0.05) is 10.9 Å². The number of para-hydroxylation sites is 1. The third-order valence-corrected chi connectivity index (χ3v) is 2.31. The fraction of sp³-hybridized carbons (Fsp3) is 0.250. The highest BCUT2D eigenvalue weighted by Gasteiger charge is 2.29. The molecule has 1 heterocycles. The van der Waals surface area contributed by atoms with E-state index in [0.29, 0.717) is 5.52 Å². The van der Waals surface area contributed by atoms with Crippen molar-refractivity contribution in [1.29, 1.82) is 0 Å².